The lowest BCUT2D eigenvalue weighted by Gasteiger charge is -2.25. The smallest absolute Gasteiger partial charge is 0.122 e. The number of hydrogen-bond donors (Lipinski definition) is 1. The maximum absolute atomic E-state index is 10.1. The number of alkyl halides is 2. The number of aryl methyl sites for hydroxylation is 2. The van der Waals surface area contributed by atoms with Crippen molar-refractivity contribution in [2.75, 3.05) is 13.1 Å². The molecule has 0 spiro atoms. The van der Waals surface area contributed by atoms with Crippen LogP contribution in [0.25, 0.3) is 0 Å². The number of benzene rings is 1. The summed E-state index contributed by atoms with van der Waals surface area (Å²) in [6.45, 7) is 10.1. The summed E-state index contributed by atoms with van der Waals surface area (Å²) in [5, 5.41) is 10.3. The molecule has 1 aromatic rings. The molecule has 0 aliphatic rings. The van der Waals surface area contributed by atoms with Crippen molar-refractivity contribution in [3.8, 4) is 5.75 Å². The molecule has 1 rings (SSSR count). The van der Waals surface area contributed by atoms with Gasteiger partial charge in [0.25, 0.3) is 0 Å². The third kappa shape index (κ3) is 5.60. The highest BCUT2D eigenvalue weighted by Gasteiger charge is 2.15. The normalized spacial score (nSPS) is 14.7. The summed E-state index contributed by atoms with van der Waals surface area (Å²) in [6, 6.07) is 4.00. The van der Waals surface area contributed by atoms with E-state index in [0.29, 0.717) is 12.3 Å². The highest BCUT2D eigenvalue weighted by atomic mass is 35.5. The van der Waals surface area contributed by atoms with Gasteiger partial charge in [0.15, 0.2) is 0 Å². The van der Waals surface area contributed by atoms with Gasteiger partial charge in [0.2, 0.25) is 0 Å². The van der Waals surface area contributed by atoms with Crippen LogP contribution >= 0.6 is 23.2 Å². The second kappa shape index (κ2) is 7.37. The zero-order valence-electron chi connectivity index (χ0n) is 12.1. The molecule has 0 aromatic heterocycles. The third-order valence-electron chi connectivity index (χ3n) is 2.94. The number of rotatable bonds is 6. The first-order chi connectivity index (χ1) is 8.79. The van der Waals surface area contributed by atoms with E-state index < -0.39 is 0 Å². The second-order valence-corrected chi connectivity index (χ2v) is 6.84. The summed E-state index contributed by atoms with van der Waals surface area (Å²) in [5.74, 6) is 0.375. The summed E-state index contributed by atoms with van der Waals surface area (Å²) < 4.78 is 0. The van der Waals surface area contributed by atoms with Gasteiger partial charge in [0.1, 0.15) is 5.75 Å². The van der Waals surface area contributed by atoms with Crippen molar-refractivity contribution in [2.45, 2.75) is 45.0 Å². The standard InChI is InChI=1S/C15H23Cl2NO/c1-10-5-11(2)15(19)14(6-10)9-18(7-12(3)16)8-13(4)17/h5-6,12-13,19H,7-9H2,1-4H3/t12-,13-/m0/s1. The lowest BCUT2D eigenvalue weighted by atomic mass is 10.0. The van der Waals surface area contributed by atoms with Gasteiger partial charge in [-0.15, -0.1) is 23.2 Å². The molecule has 0 saturated heterocycles. The monoisotopic (exact) mass is 303 g/mol. The van der Waals surface area contributed by atoms with Crippen molar-refractivity contribution in [2.24, 2.45) is 0 Å². The van der Waals surface area contributed by atoms with Crippen LogP contribution in [0, 0.1) is 13.8 Å². The van der Waals surface area contributed by atoms with Gasteiger partial charge in [-0.3, -0.25) is 4.90 Å². The fraction of sp³-hybridized carbons (Fsp3) is 0.600. The number of nitrogens with zero attached hydrogens (tertiary/aromatic N) is 1. The zero-order chi connectivity index (χ0) is 14.6. The van der Waals surface area contributed by atoms with Crippen LogP contribution in [0.1, 0.15) is 30.5 Å². The van der Waals surface area contributed by atoms with Crippen molar-refractivity contribution < 1.29 is 5.11 Å². The van der Waals surface area contributed by atoms with Crippen LogP contribution in [-0.4, -0.2) is 33.9 Å². The molecule has 2 atom stereocenters. The predicted molar refractivity (Wildman–Crippen MR) is 83.5 cm³/mol. The largest absolute Gasteiger partial charge is 0.507 e. The minimum atomic E-state index is 0.0588. The van der Waals surface area contributed by atoms with Crippen LogP contribution in [0.15, 0.2) is 12.1 Å². The van der Waals surface area contributed by atoms with Gasteiger partial charge in [-0.05, 0) is 33.3 Å². The van der Waals surface area contributed by atoms with Crippen LogP contribution < -0.4 is 0 Å². The van der Waals surface area contributed by atoms with Gasteiger partial charge in [-0.25, -0.2) is 0 Å². The van der Waals surface area contributed by atoms with Gasteiger partial charge in [0, 0.05) is 36.0 Å². The first-order valence-corrected chi connectivity index (χ1v) is 7.46. The van der Waals surface area contributed by atoms with Crippen molar-refractivity contribution in [1.29, 1.82) is 0 Å². The van der Waals surface area contributed by atoms with Crippen LogP contribution in [0.4, 0.5) is 0 Å². The third-order valence-corrected chi connectivity index (χ3v) is 3.21. The van der Waals surface area contributed by atoms with E-state index in [-0.39, 0.29) is 10.8 Å². The molecule has 4 heteroatoms. The average Bonchev–Trinajstić information content (AvgIpc) is 2.23. The maximum Gasteiger partial charge on any atom is 0.122 e. The van der Waals surface area contributed by atoms with E-state index in [9.17, 15) is 5.11 Å². The number of hydrogen-bond acceptors (Lipinski definition) is 2. The first-order valence-electron chi connectivity index (χ1n) is 6.59. The molecule has 19 heavy (non-hydrogen) atoms. The molecule has 0 amide bonds. The summed E-state index contributed by atoms with van der Waals surface area (Å²) >= 11 is 12.2. The lowest BCUT2D eigenvalue weighted by Crippen LogP contribution is -2.33. The Labute approximate surface area is 126 Å². The Hall–Kier alpha value is -0.440. The Morgan fingerprint density at radius 3 is 2.11 bits per heavy atom. The topological polar surface area (TPSA) is 23.5 Å². The number of phenols is 1. The molecule has 0 aliphatic heterocycles. The highest BCUT2D eigenvalue weighted by molar-refractivity contribution is 6.21. The molecule has 0 fully saturated rings. The fourth-order valence-corrected chi connectivity index (χ4v) is 2.71. The molecular weight excluding hydrogens is 281 g/mol. The van der Waals surface area contributed by atoms with Crippen molar-refractivity contribution in [3.05, 3.63) is 28.8 Å². The quantitative estimate of drug-likeness (QED) is 0.801. The van der Waals surface area contributed by atoms with Crippen LogP contribution in [0.2, 0.25) is 0 Å². The van der Waals surface area contributed by atoms with Gasteiger partial charge in [-0.1, -0.05) is 17.7 Å². The Kier molecular flexibility index (Phi) is 6.45. The first kappa shape index (κ1) is 16.6. The molecule has 0 bridgehead atoms. The molecule has 0 saturated carbocycles. The molecule has 0 heterocycles. The number of halogens is 2. The summed E-state index contributed by atoms with van der Waals surface area (Å²) in [6.07, 6.45) is 0. The molecule has 1 aromatic carbocycles. The van der Waals surface area contributed by atoms with E-state index in [1.54, 1.807) is 0 Å². The Bertz CT molecular complexity index is 409. The van der Waals surface area contributed by atoms with Crippen LogP contribution in [-0.2, 0) is 6.54 Å². The van der Waals surface area contributed by atoms with Gasteiger partial charge in [-0.2, -0.15) is 0 Å². The minimum absolute atomic E-state index is 0.0588. The molecule has 0 aliphatic carbocycles. The zero-order valence-corrected chi connectivity index (χ0v) is 13.6. The second-order valence-electron chi connectivity index (χ2n) is 5.35. The van der Waals surface area contributed by atoms with E-state index in [1.807, 2.05) is 39.8 Å². The number of aromatic hydroxyl groups is 1. The summed E-state index contributed by atoms with van der Waals surface area (Å²) in [4.78, 5) is 2.18. The highest BCUT2D eigenvalue weighted by Crippen LogP contribution is 2.25. The van der Waals surface area contributed by atoms with E-state index in [4.69, 9.17) is 23.2 Å². The van der Waals surface area contributed by atoms with Gasteiger partial charge in [0.05, 0.1) is 0 Å². The Balaban J connectivity index is 2.89. The SMILES string of the molecule is Cc1cc(C)c(O)c(CN(C[C@H](C)Cl)C[C@H](C)Cl)c1. The summed E-state index contributed by atoms with van der Waals surface area (Å²) in [5.41, 5.74) is 3.00. The minimum Gasteiger partial charge on any atom is -0.507 e. The van der Waals surface area contributed by atoms with E-state index in [1.165, 1.54) is 0 Å². The molecule has 0 radical (unpaired) electrons. The van der Waals surface area contributed by atoms with Crippen molar-refractivity contribution in [1.82, 2.24) is 4.90 Å². The molecule has 0 unspecified atom stereocenters. The molecule has 1 N–H and O–H groups in total. The van der Waals surface area contributed by atoms with Gasteiger partial charge >= 0.3 is 0 Å². The molecule has 2 nitrogen and oxygen atoms in total. The van der Waals surface area contributed by atoms with E-state index in [0.717, 1.165) is 29.8 Å². The van der Waals surface area contributed by atoms with E-state index >= 15 is 0 Å². The summed E-state index contributed by atoms with van der Waals surface area (Å²) in [7, 11) is 0. The average molecular weight is 304 g/mol. The van der Waals surface area contributed by atoms with Crippen molar-refractivity contribution in [3.63, 3.8) is 0 Å². The van der Waals surface area contributed by atoms with Crippen LogP contribution in [0.3, 0.4) is 0 Å². The Morgan fingerprint density at radius 2 is 1.63 bits per heavy atom. The lowest BCUT2D eigenvalue weighted by molar-refractivity contribution is 0.266. The fourth-order valence-electron chi connectivity index (χ4n) is 2.32. The predicted octanol–water partition coefficient (Wildman–Crippen LogP) is 4.07. The Morgan fingerprint density at radius 1 is 1.11 bits per heavy atom. The molecule has 108 valence electrons. The maximum atomic E-state index is 10.1. The van der Waals surface area contributed by atoms with Crippen LogP contribution in [0.5, 0.6) is 5.75 Å². The van der Waals surface area contributed by atoms with E-state index in [2.05, 4.69) is 4.90 Å². The molecular formula is C15H23Cl2NO. The number of phenolic OH excluding ortho intramolecular Hbond substituents is 1. The van der Waals surface area contributed by atoms with Crippen molar-refractivity contribution >= 4 is 23.2 Å². The van der Waals surface area contributed by atoms with Gasteiger partial charge < -0.3 is 5.11 Å².